The molecule has 0 aliphatic carbocycles. The first kappa shape index (κ1) is 20.0. The zero-order chi connectivity index (χ0) is 19.2. The number of rotatable bonds is 7. The number of carbonyl (C=O) groups excluding carboxylic acids is 1. The summed E-state index contributed by atoms with van der Waals surface area (Å²) in [5, 5.41) is 3.28. The van der Waals surface area contributed by atoms with Gasteiger partial charge in [0.1, 0.15) is 5.75 Å². The summed E-state index contributed by atoms with van der Waals surface area (Å²) in [6.07, 6.45) is -4.37. The molecule has 140 valence electrons. The van der Waals surface area contributed by atoms with Gasteiger partial charge in [-0.2, -0.15) is 13.2 Å². The van der Waals surface area contributed by atoms with Crippen LogP contribution in [0, 0.1) is 13.8 Å². The quantitative estimate of drug-likeness (QED) is 0.584. The third-order valence-electron chi connectivity index (χ3n) is 3.11. The molecule has 1 amide bonds. The van der Waals surface area contributed by atoms with Gasteiger partial charge in [0.15, 0.2) is 11.8 Å². The zero-order valence-corrected chi connectivity index (χ0v) is 15.1. The third kappa shape index (κ3) is 7.30. The Morgan fingerprint density at radius 2 is 1.77 bits per heavy atom. The van der Waals surface area contributed by atoms with E-state index in [-0.39, 0.29) is 24.0 Å². The second kappa shape index (κ2) is 8.88. The highest BCUT2D eigenvalue weighted by molar-refractivity contribution is 7.99. The molecular formula is C17H18F3N3O2S. The first-order chi connectivity index (χ1) is 12.2. The number of aromatic nitrogens is 2. The van der Waals surface area contributed by atoms with Gasteiger partial charge in [0.25, 0.3) is 0 Å². The van der Waals surface area contributed by atoms with Crippen molar-refractivity contribution in [2.24, 2.45) is 0 Å². The smallest absolute Gasteiger partial charge is 0.422 e. The number of carbonyl (C=O) groups is 1. The van der Waals surface area contributed by atoms with Crippen molar-refractivity contribution in [2.75, 3.05) is 12.4 Å². The largest absolute Gasteiger partial charge is 0.484 e. The molecule has 0 unspecified atom stereocenters. The van der Waals surface area contributed by atoms with Gasteiger partial charge in [0.2, 0.25) is 5.91 Å². The molecule has 0 saturated heterocycles. The Morgan fingerprint density at radius 3 is 2.35 bits per heavy atom. The number of aryl methyl sites for hydroxylation is 2. The third-order valence-corrected chi connectivity index (χ3v) is 3.96. The molecule has 2 rings (SSSR count). The van der Waals surface area contributed by atoms with Gasteiger partial charge in [0.05, 0.1) is 5.75 Å². The zero-order valence-electron chi connectivity index (χ0n) is 14.3. The summed E-state index contributed by atoms with van der Waals surface area (Å²) >= 11 is 1.24. The topological polar surface area (TPSA) is 64.1 Å². The van der Waals surface area contributed by atoms with E-state index in [9.17, 15) is 18.0 Å². The van der Waals surface area contributed by atoms with E-state index < -0.39 is 12.8 Å². The Morgan fingerprint density at radius 1 is 1.15 bits per heavy atom. The summed E-state index contributed by atoms with van der Waals surface area (Å²) in [5.74, 6) is 0.116. The minimum Gasteiger partial charge on any atom is -0.484 e. The normalized spacial score (nSPS) is 11.3. The SMILES string of the molecule is Cc1cc(C)nc(SCC(=O)NCc2ccc(OCC(F)(F)F)cc2)n1. The maximum atomic E-state index is 12.1. The lowest BCUT2D eigenvalue weighted by Crippen LogP contribution is -2.24. The standard InChI is InChI=1S/C17H18F3N3O2S/c1-11-7-12(2)23-16(22-11)26-9-15(24)21-8-13-3-5-14(6-4-13)25-10-17(18,19)20/h3-7H,8-10H2,1-2H3,(H,21,24). The van der Waals surface area contributed by atoms with E-state index in [1.807, 2.05) is 19.9 Å². The van der Waals surface area contributed by atoms with Crippen molar-refractivity contribution in [3.8, 4) is 5.75 Å². The van der Waals surface area contributed by atoms with Crippen LogP contribution in [-0.2, 0) is 11.3 Å². The lowest BCUT2D eigenvalue weighted by Gasteiger charge is -2.10. The van der Waals surface area contributed by atoms with Crippen molar-refractivity contribution < 1.29 is 22.7 Å². The molecule has 0 aliphatic rings. The fourth-order valence-electron chi connectivity index (χ4n) is 2.01. The van der Waals surface area contributed by atoms with Crippen LogP contribution >= 0.6 is 11.8 Å². The molecule has 26 heavy (non-hydrogen) atoms. The molecule has 0 radical (unpaired) electrons. The first-order valence-corrected chi connectivity index (χ1v) is 8.70. The van der Waals surface area contributed by atoms with Crippen LogP contribution < -0.4 is 10.1 Å². The van der Waals surface area contributed by atoms with Gasteiger partial charge >= 0.3 is 6.18 Å². The lowest BCUT2D eigenvalue weighted by atomic mass is 10.2. The second-order valence-corrected chi connectivity index (χ2v) is 6.49. The van der Waals surface area contributed by atoms with E-state index in [1.165, 1.54) is 23.9 Å². The van der Waals surface area contributed by atoms with Crippen LogP contribution in [0.15, 0.2) is 35.5 Å². The Labute approximate surface area is 153 Å². The van der Waals surface area contributed by atoms with Gasteiger partial charge < -0.3 is 10.1 Å². The van der Waals surface area contributed by atoms with Crippen molar-refractivity contribution in [1.82, 2.24) is 15.3 Å². The van der Waals surface area contributed by atoms with Crippen LogP contribution in [0.3, 0.4) is 0 Å². The summed E-state index contributed by atoms with van der Waals surface area (Å²) in [7, 11) is 0. The molecule has 1 N–H and O–H groups in total. The minimum atomic E-state index is -4.37. The van der Waals surface area contributed by atoms with E-state index in [1.54, 1.807) is 12.1 Å². The average molecular weight is 385 g/mol. The Bertz CT molecular complexity index is 732. The molecule has 0 fully saturated rings. The molecule has 0 aliphatic heterocycles. The number of halogens is 3. The van der Waals surface area contributed by atoms with Crippen LogP contribution in [0.2, 0.25) is 0 Å². The number of ether oxygens (including phenoxy) is 1. The molecule has 5 nitrogen and oxygen atoms in total. The highest BCUT2D eigenvalue weighted by Crippen LogP contribution is 2.19. The van der Waals surface area contributed by atoms with Crippen LogP contribution in [-0.4, -0.2) is 34.4 Å². The highest BCUT2D eigenvalue weighted by Gasteiger charge is 2.28. The molecule has 2 aromatic rings. The van der Waals surface area contributed by atoms with Gasteiger partial charge in [-0.25, -0.2) is 9.97 Å². The van der Waals surface area contributed by atoms with E-state index in [0.29, 0.717) is 5.16 Å². The number of amides is 1. The summed E-state index contributed by atoms with van der Waals surface area (Å²) in [5.41, 5.74) is 2.44. The lowest BCUT2D eigenvalue weighted by molar-refractivity contribution is -0.153. The molecule has 0 spiro atoms. The highest BCUT2D eigenvalue weighted by atomic mass is 32.2. The summed E-state index contributed by atoms with van der Waals surface area (Å²) in [4.78, 5) is 20.4. The molecular weight excluding hydrogens is 367 g/mol. The summed E-state index contributed by atoms with van der Waals surface area (Å²) in [6, 6.07) is 7.93. The van der Waals surface area contributed by atoms with Crippen LogP contribution in [0.5, 0.6) is 5.75 Å². The number of nitrogens with one attached hydrogen (secondary N) is 1. The number of thioether (sulfide) groups is 1. The number of hydrogen-bond acceptors (Lipinski definition) is 5. The van der Waals surface area contributed by atoms with Crippen molar-refractivity contribution >= 4 is 17.7 Å². The monoisotopic (exact) mass is 385 g/mol. The molecule has 1 aromatic carbocycles. The van der Waals surface area contributed by atoms with Gasteiger partial charge in [-0.05, 0) is 37.6 Å². The van der Waals surface area contributed by atoms with Crippen LogP contribution in [0.1, 0.15) is 17.0 Å². The van der Waals surface area contributed by atoms with Gasteiger partial charge in [-0.15, -0.1) is 0 Å². The van der Waals surface area contributed by atoms with E-state index in [2.05, 4.69) is 20.0 Å². The van der Waals surface area contributed by atoms with Gasteiger partial charge in [0, 0.05) is 17.9 Å². The van der Waals surface area contributed by atoms with Crippen molar-refractivity contribution in [2.45, 2.75) is 31.7 Å². The van der Waals surface area contributed by atoms with Crippen molar-refractivity contribution in [3.63, 3.8) is 0 Å². The fraction of sp³-hybridized carbons (Fsp3) is 0.353. The summed E-state index contributed by atoms with van der Waals surface area (Å²) < 4.78 is 40.9. The average Bonchev–Trinajstić information content (AvgIpc) is 2.56. The van der Waals surface area contributed by atoms with Crippen LogP contribution in [0.25, 0.3) is 0 Å². The number of hydrogen-bond donors (Lipinski definition) is 1. The summed E-state index contributed by atoms with van der Waals surface area (Å²) in [6.45, 7) is 2.66. The van der Waals surface area contributed by atoms with Crippen LogP contribution in [0.4, 0.5) is 13.2 Å². The number of benzene rings is 1. The predicted octanol–water partition coefficient (Wildman–Crippen LogP) is 3.44. The van der Waals surface area contributed by atoms with Crippen molar-refractivity contribution in [3.05, 3.63) is 47.3 Å². The minimum absolute atomic E-state index is 0.125. The van der Waals surface area contributed by atoms with E-state index in [4.69, 9.17) is 0 Å². The Balaban J connectivity index is 1.76. The maximum Gasteiger partial charge on any atom is 0.422 e. The molecule has 0 atom stereocenters. The molecule has 1 aromatic heterocycles. The molecule has 0 saturated carbocycles. The fourth-order valence-corrected chi connectivity index (χ4v) is 2.79. The van der Waals surface area contributed by atoms with E-state index in [0.717, 1.165) is 17.0 Å². The first-order valence-electron chi connectivity index (χ1n) is 7.71. The second-order valence-electron chi connectivity index (χ2n) is 5.55. The maximum absolute atomic E-state index is 12.1. The molecule has 9 heteroatoms. The molecule has 1 heterocycles. The van der Waals surface area contributed by atoms with Gasteiger partial charge in [-0.1, -0.05) is 23.9 Å². The van der Waals surface area contributed by atoms with Gasteiger partial charge in [-0.3, -0.25) is 4.79 Å². The number of nitrogens with zero attached hydrogens (tertiary/aromatic N) is 2. The van der Waals surface area contributed by atoms with E-state index >= 15 is 0 Å². The number of alkyl halides is 3. The Kier molecular flexibility index (Phi) is 6.84. The molecule has 0 bridgehead atoms. The van der Waals surface area contributed by atoms with Crippen molar-refractivity contribution in [1.29, 1.82) is 0 Å². The Hall–Kier alpha value is -2.29. The predicted molar refractivity (Wildman–Crippen MR) is 92.1 cm³/mol.